The molecular formula is C25H24ClN5O3. The standard InChI is InChI=1S/C25H24ClN5O3/c1-30(2)25-27-11-15(12-28-25)23(33)22-19-9-18(20(26)10-21(19)29-24(22)34)14-3-5-16(6-4-14)31-8-7-17(32)13-31/h3-6,9-12,17,32-33H,7-8,13H2,1-2H3,(H,29,34)/t17-/m0/s1. The number of nitrogens with one attached hydrogen (secondary N) is 1. The zero-order chi connectivity index (χ0) is 24.0. The summed E-state index contributed by atoms with van der Waals surface area (Å²) in [5.41, 5.74) is 4.25. The predicted molar refractivity (Wildman–Crippen MR) is 134 cm³/mol. The van der Waals surface area contributed by atoms with Crippen LogP contribution in [0.3, 0.4) is 0 Å². The van der Waals surface area contributed by atoms with Crippen LogP contribution in [0.5, 0.6) is 0 Å². The number of aliphatic hydroxyl groups is 2. The van der Waals surface area contributed by atoms with Crippen LogP contribution in [0, 0.1) is 0 Å². The Morgan fingerprint density at radius 1 is 1.15 bits per heavy atom. The predicted octanol–water partition coefficient (Wildman–Crippen LogP) is 3.81. The topological polar surface area (TPSA) is 102 Å². The molecule has 2 aliphatic heterocycles. The molecular weight excluding hydrogens is 454 g/mol. The molecule has 1 amide bonds. The third kappa shape index (κ3) is 3.95. The molecule has 34 heavy (non-hydrogen) atoms. The highest BCUT2D eigenvalue weighted by atomic mass is 35.5. The van der Waals surface area contributed by atoms with E-state index in [1.54, 1.807) is 11.0 Å². The van der Waals surface area contributed by atoms with Crippen LogP contribution >= 0.6 is 11.6 Å². The Labute approximate surface area is 202 Å². The van der Waals surface area contributed by atoms with Gasteiger partial charge in [0.2, 0.25) is 5.95 Å². The number of rotatable bonds is 4. The van der Waals surface area contributed by atoms with Crippen molar-refractivity contribution < 1.29 is 15.0 Å². The fourth-order valence-electron chi connectivity index (χ4n) is 4.29. The van der Waals surface area contributed by atoms with Crippen molar-refractivity contribution >= 4 is 46.2 Å². The molecule has 3 heterocycles. The molecule has 2 aliphatic rings. The first-order chi connectivity index (χ1) is 16.3. The maximum Gasteiger partial charge on any atom is 0.260 e. The SMILES string of the molecule is CN(C)c1ncc(C(O)=C2C(=O)Nc3cc(Cl)c(-c4ccc(N5CC[C@H](O)C5)cc4)cc32)cn1. The molecule has 1 fully saturated rings. The van der Waals surface area contributed by atoms with Gasteiger partial charge in [-0.1, -0.05) is 23.7 Å². The molecule has 0 unspecified atom stereocenters. The minimum absolute atomic E-state index is 0.150. The number of hydrogen-bond acceptors (Lipinski definition) is 7. The van der Waals surface area contributed by atoms with Crippen LogP contribution in [0.1, 0.15) is 17.5 Å². The molecule has 0 aliphatic carbocycles. The molecule has 1 atom stereocenters. The second-order valence-corrected chi connectivity index (χ2v) is 9.06. The fraction of sp³-hybridized carbons (Fsp3) is 0.240. The second-order valence-electron chi connectivity index (χ2n) is 8.66. The van der Waals surface area contributed by atoms with Crippen LogP contribution in [0.2, 0.25) is 5.02 Å². The lowest BCUT2D eigenvalue weighted by Crippen LogP contribution is -2.20. The number of hydrogen-bond donors (Lipinski definition) is 3. The van der Waals surface area contributed by atoms with Crippen LogP contribution in [-0.2, 0) is 4.79 Å². The Kier molecular flexibility index (Phi) is 5.63. The van der Waals surface area contributed by atoms with E-state index in [4.69, 9.17) is 11.6 Å². The van der Waals surface area contributed by atoms with Gasteiger partial charge in [0.05, 0.1) is 28.0 Å². The van der Waals surface area contributed by atoms with Crippen LogP contribution in [-0.4, -0.2) is 59.4 Å². The smallest absolute Gasteiger partial charge is 0.260 e. The van der Waals surface area contributed by atoms with E-state index in [-0.39, 0.29) is 17.4 Å². The number of aliphatic hydroxyl groups excluding tert-OH is 2. The number of nitrogens with zero attached hydrogens (tertiary/aromatic N) is 4. The summed E-state index contributed by atoms with van der Waals surface area (Å²) in [7, 11) is 3.64. The molecule has 1 aromatic heterocycles. The van der Waals surface area contributed by atoms with Crippen LogP contribution < -0.4 is 15.1 Å². The zero-order valence-electron chi connectivity index (χ0n) is 18.8. The molecule has 2 aromatic carbocycles. The summed E-state index contributed by atoms with van der Waals surface area (Å²) < 4.78 is 0. The lowest BCUT2D eigenvalue weighted by Gasteiger charge is -2.18. The monoisotopic (exact) mass is 477 g/mol. The Balaban J connectivity index is 1.52. The van der Waals surface area contributed by atoms with Gasteiger partial charge in [0.1, 0.15) is 5.76 Å². The third-order valence-corrected chi connectivity index (χ3v) is 6.42. The summed E-state index contributed by atoms with van der Waals surface area (Å²) in [4.78, 5) is 25.1. The molecule has 3 aromatic rings. The number of β-amino-alcohol motifs (C(OH)–C–C–N with tert-alkyl or cyclic N) is 1. The van der Waals surface area contributed by atoms with Gasteiger partial charge in [0, 0.05) is 56.4 Å². The number of benzene rings is 2. The molecule has 5 rings (SSSR count). The van der Waals surface area contributed by atoms with Gasteiger partial charge in [-0.3, -0.25) is 4.79 Å². The van der Waals surface area contributed by atoms with Crippen LogP contribution in [0.25, 0.3) is 22.5 Å². The maximum absolute atomic E-state index is 12.8. The van der Waals surface area contributed by atoms with Crippen molar-refractivity contribution in [2.75, 3.05) is 42.3 Å². The van der Waals surface area contributed by atoms with E-state index < -0.39 is 5.91 Å². The molecule has 0 saturated carbocycles. The summed E-state index contributed by atoms with van der Waals surface area (Å²) >= 11 is 6.57. The maximum atomic E-state index is 12.8. The average Bonchev–Trinajstić information content (AvgIpc) is 3.40. The molecule has 0 radical (unpaired) electrons. The fourth-order valence-corrected chi connectivity index (χ4v) is 4.57. The lowest BCUT2D eigenvalue weighted by atomic mass is 9.97. The molecule has 3 N–H and O–H groups in total. The van der Waals surface area contributed by atoms with Crippen LogP contribution in [0.15, 0.2) is 48.8 Å². The van der Waals surface area contributed by atoms with Gasteiger partial charge in [-0.15, -0.1) is 0 Å². The third-order valence-electron chi connectivity index (χ3n) is 6.11. The van der Waals surface area contributed by atoms with Gasteiger partial charge in [0.25, 0.3) is 5.91 Å². The van der Waals surface area contributed by atoms with Crippen molar-refractivity contribution in [3.8, 4) is 11.1 Å². The van der Waals surface area contributed by atoms with E-state index in [0.717, 1.165) is 29.8 Å². The highest BCUT2D eigenvalue weighted by Crippen LogP contribution is 2.42. The Hall–Kier alpha value is -3.62. The molecule has 9 heteroatoms. The first-order valence-corrected chi connectivity index (χ1v) is 11.3. The molecule has 8 nitrogen and oxygen atoms in total. The van der Waals surface area contributed by atoms with Crippen molar-refractivity contribution in [2.45, 2.75) is 12.5 Å². The number of halogens is 1. The van der Waals surface area contributed by atoms with Gasteiger partial charge in [-0.2, -0.15) is 0 Å². The van der Waals surface area contributed by atoms with Crippen LogP contribution in [0.4, 0.5) is 17.3 Å². The molecule has 174 valence electrons. The van der Waals surface area contributed by atoms with Crippen molar-refractivity contribution in [3.05, 3.63) is 64.9 Å². The highest BCUT2D eigenvalue weighted by molar-refractivity contribution is 6.38. The van der Waals surface area contributed by atoms with E-state index in [1.165, 1.54) is 12.4 Å². The van der Waals surface area contributed by atoms with Crippen molar-refractivity contribution in [2.24, 2.45) is 0 Å². The van der Waals surface area contributed by atoms with E-state index in [0.29, 0.717) is 34.3 Å². The van der Waals surface area contributed by atoms with Gasteiger partial charge < -0.3 is 25.3 Å². The van der Waals surface area contributed by atoms with Gasteiger partial charge >= 0.3 is 0 Å². The lowest BCUT2D eigenvalue weighted by molar-refractivity contribution is -0.110. The van der Waals surface area contributed by atoms with Gasteiger partial charge in [-0.25, -0.2) is 9.97 Å². The minimum atomic E-state index is -0.416. The summed E-state index contributed by atoms with van der Waals surface area (Å²) in [6.45, 7) is 1.44. The van der Waals surface area contributed by atoms with Gasteiger partial charge in [0.15, 0.2) is 0 Å². The summed E-state index contributed by atoms with van der Waals surface area (Å²) in [6.07, 6.45) is 3.45. The largest absolute Gasteiger partial charge is 0.506 e. The highest BCUT2D eigenvalue weighted by Gasteiger charge is 2.30. The minimum Gasteiger partial charge on any atom is -0.506 e. The summed E-state index contributed by atoms with van der Waals surface area (Å²) in [5, 5.41) is 24.0. The zero-order valence-corrected chi connectivity index (χ0v) is 19.5. The van der Waals surface area contributed by atoms with Crippen molar-refractivity contribution in [3.63, 3.8) is 0 Å². The number of carbonyl (C=O) groups excluding carboxylic acids is 1. The van der Waals surface area contributed by atoms with Crippen molar-refractivity contribution in [1.29, 1.82) is 0 Å². The summed E-state index contributed by atoms with van der Waals surface area (Å²) in [5.74, 6) is -0.114. The first kappa shape index (κ1) is 22.2. The first-order valence-electron chi connectivity index (χ1n) is 10.9. The van der Waals surface area contributed by atoms with Gasteiger partial charge in [-0.05, 0) is 36.2 Å². The van der Waals surface area contributed by atoms with E-state index in [1.807, 2.05) is 44.4 Å². The number of anilines is 3. The normalized spacial score (nSPS) is 18.6. The molecule has 0 bridgehead atoms. The number of fused-ring (bicyclic) bond motifs is 1. The molecule has 1 saturated heterocycles. The van der Waals surface area contributed by atoms with E-state index >= 15 is 0 Å². The van der Waals surface area contributed by atoms with E-state index in [2.05, 4.69) is 20.2 Å². The van der Waals surface area contributed by atoms with Crippen molar-refractivity contribution in [1.82, 2.24) is 9.97 Å². The second kappa shape index (κ2) is 8.62. The number of amides is 1. The quantitative estimate of drug-likeness (QED) is 0.388. The molecule has 0 spiro atoms. The Bertz CT molecular complexity index is 1290. The summed E-state index contributed by atoms with van der Waals surface area (Å²) in [6, 6.07) is 11.4. The Morgan fingerprint density at radius 3 is 2.47 bits per heavy atom. The van der Waals surface area contributed by atoms with E-state index in [9.17, 15) is 15.0 Å². The Morgan fingerprint density at radius 2 is 1.85 bits per heavy atom. The number of carbonyl (C=O) groups is 1. The average molecular weight is 478 g/mol. The number of aromatic nitrogens is 2.